The van der Waals surface area contributed by atoms with Crippen LogP contribution in [0.25, 0.3) is 0 Å². The van der Waals surface area contributed by atoms with Crippen LogP contribution in [0.3, 0.4) is 0 Å². The molecule has 1 aliphatic heterocycles. The second-order valence-corrected chi connectivity index (χ2v) is 4.68. The number of ether oxygens (including phenoxy) is 1. The molecule has 1 unspecified atom stereocenters. The Labute approximate surface area is 82.3 Å². The van der Waals surface area contributed by atoms with Crippen molar-refractivity contribution >= 4 is 22.2 Å². The molecule has 0 spiro atoms. The van der Waals surface area contributed by atoms with Gasteiger partial charge in [0.25, 0.3) is 0 Å². The lowest BCUT2D eigenvalue weighted by molar-refractivity contribution is 0.367. The van der Waals surface area contributed by atoms with Crippen molar-refractivity contribution in [3.8, 4) is 0 Å². The van der Waals surface area contributed by atoms with E-state index in [0.717, 1.165) is 17.3 Å². The number of rotatable bonds is 0. The van der Waals surface area contributed by atoms with Crippen molar-refractivity contribution in [3.05, 3.63) is 16.5 Å². The van der Waals surface area contributed by atoms with Crippen molar-refractivity contribution in [1.82, 2.24) is 0 Å². The largest absolute Gasteiger partial charge is 0.484 e. The van der Waals surface area contributed by atoms with Crippen LogP contribution in [0.15, 0.2) is 11.1 Å². The summed E-state index contributed by atoms with van der Waals surface area (Å²) in [6.45, 7) is 4.27. The van der Waals surface area contributed by atoms with Crippen LogP contribution in [-0.2, 0) is 11.2 Å². The van der Waals surface area contributed by atoms with Gasteiger partial charge in [0.2, 0.25) is 0 Å². The van der Waals surface area contributed by atoms with E-state index in [1.165, 1.54) is 10.4 Å². The molecule has 0 radical (unpaired) electrons. The van der Waals surface area contributed by atoms with Crippen molar-refractivity contribution in [2.45, 2.75) is 20.3 Å². The Morgan fingerprint density at radius 2 is 2.38 bits per heavy atom. The topological polar surface area (TPSA) is 21.6 Å². The fraction of sp³-hybridized carbons (Fsp3) is 0.500. The van der Waals surface area contributed by atoms with Crippen molar-refractivity contribution in [3.63, 3.8) is 0 Å². The van der Waals surface area contributed by atoms with Crippen LogP contribution in [0.2, 0.25) is 0 Å². The van der Waals surface area contributed by atoms with Crippen molar-refractivity contribution in [2.24, 2.45) is 10.9 Å². The maximum absolute atomic E-state index is 5.23. The molecule has 1 aromatic heterocycles. The zero-order valence-corrected chi connectivity index (χ0v) is 8.94. The first-order valence-corrected chi connectivity index (χ1v) is 5.24. The highest BCUT2D eigenvalue weighted by atomic mass is 32.1. The van der Waals surface area contributed by atoms with Gasteiger partial charge >= 0.3 is 0 Å². The second-order valence-electron chi connectivity index (χ2n) is 3.45. The molecule has 0 fully saturated rings. The molecule has 0 saturated carbocycles. The smallest absolute Gasteiger partial charge is 0.192 e. The summed E-state index contributed by atoms with van der Waals surface area (Å²) in [7, 11) is 1.70. The summed E-state index contributed by atoms with van der Waals surface area (Å²) in [6.07, 6.45) is 1.06. The minimum Gasteiger partial charge on any atom is -0.484 e. The van der Waals surface area contributed by atoms with Gasteiger partial charge in [-0.15, -0.1) is 11.3 Å². The number of aliphatic imine (C=N–C) groups is 1. The predicted octanol–water partition coefficient (Wildman–Crippen LogP) is 2.93. The average molecular weight is 195 g/mol. The molecule has 2 nitrogen and oxygen atoms in total. The standard InChI is InChI=1S/C10H13NOS/c1-6-4-8-5-7(2)13-10(8)11-9(6)12-3/h5-6H,4H2,1-3H3. The van der Waals surface area contributed by atoms with E-state index in [-0.39, 0.29) is 0 Å². The monoisotopic (exact) mass is 195 g/mol. The van der Waals surface area contributed by atoms with Gasteiger partial charge in [-0.3, -0.25) is 0 Å². The SMILES string of the molecule is COC1=Nc2sc(C)cc2CC1C. The van der Waals surface area contributed by atoms with Crippen molar-refractivity contribution in [1.29, 1.82) is 0 Å². The third-order valence-electron chi connectivity index (χ3n) is 2.28. The van der Waals surface area contributed by atoms with Gasteiger partial charge in [-0.1, -0.05) is 6.92 Å². The third-order valence-corrected chi connectivity index (χ3v) is 3.27. The van der Waals surface area contributed by atoms with Gasteiger partial charge in [0.1, 0.15) is 5.00 Å². The molecule has 70 valence electrons. The highest BCUT2D eigenvalue weighted by Gasteiger charge is 2.21. The molecule has 0 N–H and O–H groups in total. The number of hydrogen-bond acceptors (Lipinski definition) is 3. The first-order valence-electron chi connectivity index (χ1n) is 4.42. The summed E-state index contributed by atoms with van der Waals surface area (Å²) >= 11 is 1.74. The summed E-state index contributed by atoms with van der Waals surface area (Å²) in [5, 5.41) is 1.13. The molecule has 3 heteroatoms. The van der Waals surface area contributed by atoms with Gasteiger partial charge in [0.05, 0.1) is 7.11 Å². The summed E-state index contributed by atoms with van der Waals surface area (Å²) in [6, 6.07) is 2.23. The number of methoxy groups -OCH3 is 1. The predicted molar refractivity (Wildman–Crippen MR) is 56.0 cm³/mol. The maximum Gasteiger partial charge on any atom is 0.192 e. The van der Waals surface area contributed by atoms with Gasteiger partial charge in [0, 0.05) is 10.8 Å². The van der Waals surface area contributed by atoms with E-state index in [0.29, 0.717) is 5.92 Å². The number of nitrogens with zero attached hydrogens (tertiary/aromatic N) is 1. The number of thiophene rings is 1. The molecule has 0 saturated heterocycles. The van der Waals surface area contributed by atoms with E-state index in [9.17, 15) is 0 Å². The number of aryl methyl sites for hydroxylation is 1. The Hall–Kier alpha value is -0.830. The van der Waals surface area contributed by atoms with E-state index >= 15 is 0 Å². The van der Waals surface area contributed by atoms with E-state index in [2.05, 4.69) is 24.9 Å². The fourth-order valence-corrected chi connectivity index (χ4v) is 2.58. The molecule has 0 bridgehead atoms. The summed E-state index contributed by atoms with van der Waals surface area (Å²) in [5.74, 6) is 1.29. The molecule has 1 aliphatic rings. The van der Waals surface area contributed by atoms with Crippen LogP contribution in [0.4, 0.5) is 5.00 Å². The molecule has 2 rings (SSSR count). The lowest BCUT2D eigenvalue weighted by Gasteiger charge is -2.17. The molecule has 2 heterocycles. The highest BCUT2D eigenvalue weighted by molar-refractivity contribution is 7.16. The Kier molecular flexibility index (Phi) is 2.12. The van der Waals surface area contributed by atoms with E-state index in [1.807, 2.05) is 0 Å². The van der Waals surface area contributed by atoms with Crippen LogP contribution < -0.4 is 0 Å². The zero-order chi connectivity index (χ0) is 9.42. The molecule has 0 amide bonds. The van der Waals surface area contributed by atoms with E-state index in [1.54, 1.807) is 18.4 Å². The van der Waals surface area contributed by atoms with Crippen LogP contribution in [-0.4, -0.2) is 13.0 Å². The fourth-order valence-electron chi connectivity index (χ4n) is 1.67. The quantitative estimate of drug-likeness (QED) is 0.623. The Morgan fingerprint density at radius 1 is 1.62 bits per heavy atom. The molecule has 1 atom stereocenters. The van der Waals surface area contributed by atoms with Crippen LogP contribution in [0.1, 0.15) is 17.4 Å². The van der Waals surface area contributed by atoms with Crippen molar-refractivity contribution in [2.75, 3.05) is 7.11 Å². The van der Waals surface area contributed by atoms with E-state index in [4.69, 9.17) is 4.74 Å². The van der Waals surface area contributed by atoms with Crippen LogP contribution in [0, 0.1) is 12.8 Å². The first kappa shape index (κ1) is 8.75. The molecule has 0 aromatic carbocycles. The van der Waals surface area contributed by atoms with E-state index < -0.39 is 0 Å². The highest BCUT2D eigenvalue weighted by Crippen LogP contribution is 2.36. The normalized spacial score (nSPS) is 20.8. The van der Waals surface area contributed by atoms with Crippen molar-refractivity contribution < 1.29 is 4.74 Å². The summed E-state index contributed by atoms with van der Waals surface area (Å²) in [4.78, 5) is 5.81. The molecule has 0 aliphatic carbocycles. The number of fused-ring (bicyclic) bond motifs is 1. The Balaban J connectivity index is 2.42. The third kappa shape index (κ3) is 1.48. The summed E-state index contributed by atoms with van der Waals surface area (Å²) < 4.78 is 5.23. The zero-order valence-electron chi connectivity index (χ0n) is 8.13. The maximum atomic E-state index is 5.23. The van der Waals surface area contributed by atoms with Crippen LogP contribution in [0.5, 0.6) is 0 Å². The van der Waals surface area contributed by atoms with Gasteiger partial charge in [-0.2, -0.15) is 0 Å². The van der Waals surface area contributed by atoms with Crippen LogP contribution >= 0.6 is 11.3 Å². The van der Waals surface area contributed by atoms with Gasteiger partial charge in [-0.05, 0) is 25.0 Å². The lowest BCUT2D eigenvalue weighted by Crippen LogP contribution is -2.18. The molecular formula is C10H13NOS. The molecule has 13 heavy (non-hydrogen) atoms. The first-order chi connectivity index (χ1) is 6.20. The number of hydrogen-bond donors (Lipinski definition) is 0. The van der Waals surface area contributed by atoms with Gasteiger partial charge in [-0.25, -0.2) is 4.99 Å². The van der Waals surface area contributed by atoms with Gasteiger partial charge in [0.15, 0.2) is 5.90 Å². The molecule has 1 aromatic rings. The van der Waals surface area contributed by atoms with Gasteiger partial charge < -0.3 is 4.74 Å². The minimum absolute atomic E-state index is 0.423. The minimum atomic E-state index is 0.423. The Bertz CT molecular complexity index is 354. The lowest BCUT2D eigenvalue weighted by atomic mass is 10.0. The average Bonchev–Trinajstić information content (AvgIpc) is 2.42. The Morgan fingerprint density at radius 3 is 3.08 bits per heavy atom. The summed E-state index contributed by atoms with van der Waals surface area (Å²) in [5.41, 5.74) is 1.37. The molecular weight excluding hydrogens is 182 g/mol. The second kappa shape index (κ2) is 3.14.